The zero-order chi connectivity index (χ0) is 25.2. The summed E-state index contributed by atoms with van der Waals surface area (Å²) in [6.45, 7) is 4.81. The number of phenolic OH excluding ortho intramolecular Hbond substituents is 1. The van der Waals surface area contributed by atoms with E-state index in [2.05, 4.69) is 0 Å². The molecule has 1 N–H and O–H groups in total. The van der Waals surface area contributed by atoms with Crippen molar-refractivity contribution in [1.82, 2.24) is 0 Å². The molecule has 2 amide bonds. The molecular weight excluding hydrogens is 460 g/mol. The van der Waals surface area contributed by atoms with Gasteiger partial charge in [0.15, 0.2) is 17.6 Å². The van der Waals surface area contributed by atoms with Crippen LogP contribution in [0.3, 0.4) is 0 Å². The normalized spacial score (nSPS) is 21.1. The zero-order valence-corrected chi connectivity index (χ0v) is 20.2. The first kappa shape index (κ1) is 23.7. The van der Waals surface area contributed by atoms with Crippen LogP contribution < -0.4 is 19.4 Å². The fraction of sp³-hybridized carbons (Fsp3) is 0.286. The highest BCUT2D eigenvalue weighted by molar-refractivity contribution is 6.23. The van der Waals surface area contributed by atoms with Crippen LogP contribution >= 0.6 is 0 Å². The number of hydroxylamine groups is 1. The number of imide groups is 1. The number of para-hydroxylation sites is 1. The number of anilines is 2. The van der Waals surface area contributed by atoms with Gasteiger partial charge in [-0.3, -0.25) is 14.4 Å². The Kier molecular flexibility index (Phi) is 6.52. The Labute approximate surface area is 209 Å². The van der Waals surface area contributed by atoms with E-state index >= 15 is 0 Å². The maximum Gasteiger partial charge on any atom is 0.266 e. The van der Waals surface area contributed by atoms with Crippen molar-refractivity contribution in [3.05, 3.63) is 78.4 Å². The van der Waals surface area contributed by atoms with Crippen molar-refractivity contribution in [3.63, 3.8) is 0 Å². The monoisotopic (exact) mass is 488 g/mol. The standard InChI is InChI=1S/C28H28N2O6/c1-3-16-35-21-13-11-19(12-14-21)29-27(32)24-25(18-10-15-22(31)23(17-18)34-4-2)30(36-26(24)28(29)33)20-8-6-5-7-9-20/h5-15,17,24-26,31H,3-4,16H2,1-2H3/t24-,25+,26-/m0/s1. The number of rotatable bonds is 8. The van der Waals surface area contributed by atoms with E-state index in [1.165, 1.54) is 11.0 Å². The lowest BCUT2D eigenvalue weighted by Crippen LogP contribution is -2.37. The molecule has 0 saturated carbocycles. The van der Waals surface area contributed by atoms with Gasteiger partial charge < -0.3 is 14.6 Å². The summed E-state index contributed by atoms with van der Waals surface area (Å²) in [5.41, 5.74) is 1.88. The van der Waals surface area contributed by atoms with Gasteiger partial charge in [-0.2, -0.15) is 0 Å². The van der Waals surface area contributed by atoms with Gasteiger partial charge in [0, 0.05) is 0 Å². The molecular formula is C28H28N2O6. The Morgan fingerprint density at radius 3 is 2.33 bits per heavy atom. The number of benzene rings is 3. The van der Waals surface area contributed by atoms with Crippen molar-refractivity contribution in [2.45, 2.75) is 32.4 Å². The molecule has 8 nitrogen and oxygen atoms in total. The number of hydrogen-bond acceptors (Lipinski definition) is 7. The van der Waals surface area contributed by atoms with Gasteiger partial charge in [0.2, 0.25) is 5.91 Å². The number of aromatic hydroxyl groups is 1. The van der Waals surface area contributed by atoms with Gasteiger partial charge in [-0.1, -0.05) is 31.2 Å². The number of amides is 2. The molecule has 0 aliphatic carbocycles. The van der Waals surface area contributed by atoms with E-state index in [1.54, 1.807) is 41.5 Å². The highest BCUT2D eigenvalue weighted by Crippen LogP contribution is 2.48. The van der Waals surface area contributed by atoms with Gasteiger partial charge in [0.05, 0.1) is 30.6 Å². The minimum absolute atomic E-state index is 0.00293. The lowest BCUT2D eigenvalue weighted by molar-refractivity contribution is -0.126. The van der Waals surface area contributed by atoms with E-state index in [0.29, 0.717) is 41.7 Å². The fourth-order valence-corrected chi connectivity index (χ4v) is 4.70. The van der Waals surface area contributed by atoms with Crippen molar-refractivity contribution in [2.75, 3.05) is 23.2 Å². The van der Waals surface area contributed by atoms with Crippen LogP contribution in [0.5, 0.6) is 17.2 Å². The van der Waals surface area contributed by atoms with Crippen molar-refractivity contribution >= 4 is 23.2 Å². The summed E-state index contributed by atoms with van der Waals surface area (Å²) in [7, 11) is 0. The molecule has 2 aliphatic rings. The van der Waals surface area contributed by atoms with Gasteiger partial charge >= 0.3 is 0 Å². The van der Waals surface area contributed by atoms with E-state index in [-0.39, 0.29) is 11.7 Å². The van der Waals surface area contributed by atoms with E-state index in [0.717, 1.165) is 6.42 Å². The predicted octanol–water partition coefficient (Wildman–Crippen LogP) is 4.63. The van der Waals surface area contributed by atoms with Crippen LogP contribution in [0.15, 0.2) is 72.8 Å². The third-order valence-corrected chi connectivity index (χ3v) is 6.32. The van der Waals surface area contributed by atoms with Gasteiger partial charge in [0.25, 0.3) is 5.91 Å². The first-order valence-corrected chi connectivity index (χ1v) is 12.1. The number of ether oxygens (including phenoxy) is 2. The Morgan fingerprint density at radius 1 is 0.889 bits per heavy atom. The third-order valence-electron chi connectivity index (χ3n) is 6.32. The van der Waals surface area contributed by atoms with E-state index in [4.69, 9.17) is 14.3 Å². The van der Waals surface area contributed by atoms with Gasteiger partial charge in [-0.15, -0.1) is 0 Å². The maximum atomic E-state index is 13.8. The van der Waals surface area contributed by atoms with E-state index < -0.39 is 24.0 Å². The number of carbonyl (C=O) groups excluding carboxylic acids is 2. The molecule has 0 bridgehead atoms. The summed E-state index contributed by atoms with van der Waals surface area (Å²) in [5.74, 6) is -0.559. The second-order valence-electron chi connectivity index (χ2n) is 8.67. The van der Waals surface area contributed by atoms with Gasteiger partial charge in [-0.05, 0) is 67.4 Å². The van der Waals surface area contributed by atoms with Crippen LogP contribution in [0.4, 0.5) is 11.4 Å². The molecule has 0 radical (unpaired) electrons. The summed E-state index contributed by atoms with van der Waals surface area (Å²) in [4.78, 5) is 34.6. The number of carbonyl (C=O) groups is 2. The van der Waals surface area contributed by atoms with Gasteiger partial charge in [-0.25, -0.2) is 9.96 Å². The van der Waals surface area contributed by atoms with E-state index in [9.17, 15) is 14.7 Å². The number of hydrogen-bond donors (Lipinski definition) is 1. The minimum Gasteiger partial charge on any atom is -0.504 e. The smallest absolute Gasteiger partial charge is 0.266 e. The van der Waals surface area contributed by atoms with Crippen LogP contribution in [-0.2, 0) is 14.4 Å². The Hall–Kier alpha value is -4.04. The van der Waals surface area contributed by atoms with Crippen LogP contribution in [-0.4, -0.2) is 36.2 Å². The molecule has 2 aliphatic heterocycles. The molecule has 3 atom stereocenters. The number of fused-ring (bicyclic) bond motifs is 1. The maximum absolute atomic E-state index is 13.8. The quantitative estimate of drug-likeness (QED) is 0.463. The average molecular weight is 489 g/mol. The Balaban J connectivity index is 1.52. The molecule has 2 heterocycles. The topological polar surface area (TPSA) is 88.5 Å². The molecule has 2 saturated heterocycles. The second kappa shape index (κ2) is 9.91. The minimum atomic E-state index is -0.983. The highest BCUT2D eigenvalue weighted by Gasteiger charge is 2.60. The first-order chi connectivity index (χ1) is 17.5. The summed E-state index contributed by atoms with van der Waals surface area (Å²) < 4.78 is 11.2. The molecule has 3 aromatic rings. The third kappa shape index (κ3) is 4.13. The molecule has 186 valence electrons. The molecule has 5 rings (SSSR count). The number of nitrogens with zero attached hydrogens (tertiary/aromatic N) is 2. The number of phenols is 1. The van der Waals surface area contributed by atoms with Crippen LogP contribution in [0.2, 0.25) is 0 Å². The van der Waals surface area contributed by atoms with E-state index in [1.807, 2.05) is 44.2 Å². The first-order valence-electron chi connectivity index (χ1n) is 12.1. The van der Waals surface area contributed by atoms with Gasteiger partial charge in [0.1, 0.15) is 11.7 Å². The molecule has 0 unspecified atom stereocenters. The summed E-state index contributed by atoms with van der Waals surface area (Å²) in [5, 5.41) is 11.8. The molecule has 3 aromatic carbocycles. The summed E-state index contributed by atoms with van der Waals surface area (Å²) in [6.07, 6.45) is -0.101. The lowest BCUT2D eigenvalue weighted by atomic mass is 9.90. The average Bonchev–Trinajstić information content (AvgIpc) is 3.41. The molecule has 0 spiro atoms. The Morgan fingerprint density at radius 2 is 1.64 bits per heavy atom. The van der Waals surface area contributed by atoms with Crippen LogP contribution in [0.1, 0.15) is 31.9 Å². The summed E-state index contributed by atoms with van der Waals surface area (Å²) >= 11 is 0. The van der Waals surface area contributed by atoms with Crippen molar-refractivity contribution < 1.29 is 29.0 Å². The zero-order valence-electron chi connectivity index (χ0n) is 20.2. The van der Waals surface area contributed by atoms with Crippen LogP contribution in [0.25, 0.3) is 0 Å². The molecule has 36 heavy (non-hydrogen) atoms. The SMILES string of the molecule is CCCOc1ccc(N2C(=O)[C@@H]3[C@H](ON(c4ccccc4)[C@@H]3c3ccc(O)c(OCC)c3)C2=O)cc1. The van der Waals surface area contributed by atoms with Crippen molar-refractivity contribution in [3.8, 4) is 17.2 Å². The Bertz CT molecular complexity index is 1250. The lowest BCUT2D eigenvalue weighted by Gasteiger charge is -2.29. The molecule has 0 aromatic heterocycles. The van der Waals surface area contributed by atoms with Crippen molar-refractivity contribution in [2.24, 2.45) is 5.92 Å². The van der Waals surface area contributed by atoms with Crippen LogP contribution in [0, 0.1) is 5.92 Å². The highest BCUT2D eigenvalue weighted by atomic mass is 16.7. The largest absolute Gasteiger partial charge is 0.504 e. The second-order valence-corrected chi connectivity index (χ2v) is 8.67. The van der Waals surface area contributed by atoms with Crippen molar-refractivity contribution in [1.29, 1.82) is 0 Å². The molecule has 2 fully saturated rings. The fourth-order valence-electron chi connectivity index (χ4n) is 4.70. The molecule has 8 heteroatoms. The predicted molar refractivity (Wildman–Crippen MR) is 134 cm³/mol. The summed E-state index contributed by atoms with van der Waals surface area (Å²) in [6, 6.07) is 20.6.